The highest BCUT2D eigenvalue weighted by Gasteiger charge is 2.27. The molecule has 4 nitrogen and oxygen atoms in total. The quantitative estimate of drug-likeness (QED) is 0.797. The van der Waals surface area contributed by atoms with Crippen molar-refractivity contribution in [1.29, 1.82) is 0 Å². The van der Waals surface area contributed by atoms with Crippen LogP contribution in [0, 0.1) is 11.8 Å². The van der Waals surface area contributed by atoms with Crippen LogP contribution in [-0.4, -0.2) is 27.9 Å². The second kappa shape index (κ2) is 7.03. The van der Waals surface area contributed by atoms with E-state index in [-0.39, 0.29) is 6.04 Å². The van der Waals surface area contributed by atoms with Crippen LogP contribution in [0.3, 0.4) is 0 Å². The number of benzene rings is 1. The first-order valence-electron chi connectivity index (χ1n) is 7.64. The number of hydrogen-bond donors (Lipinski definition) is 1. The Morgan fingerprint density at radius 2 is 1.62 bits per heavy atom. The molecule has 1 aromatic carbocycles. The lowest BCUT2D eigenvalue weighted by Gasteiger charge is -2.20. The van der Waals surface area contributed by atoms with Crippen molar-refractivity contribution in [1.82, 2.24) is 5.32 Å². The van der Waals surface area contributed by atoms with Crippen LogP contribution >= 0.6 is 0 Å². The molecule has 0 saturated heterocycles. The summed E-state index contributed by atoms with van der Waals surface area (Å²) in [6, 6.07) is 4.28. The summed E-state index contributed by atoms with van der Waals surface area (Å²) in [5.41, 5.74) is 1.15. The Kier molecular flexibility index (Phi) is 5.34. The Bertz CT molecular complexity index is 446. The minimum atomic E-state index is 0.250. The SMILES string of the molecule is COc1cc(C(C)NCC(C)C2CC2)cc(OC)c1OC. The molecule has 1 aliphatic rings. The van der Waals surface area contributed by atoms with E-state index in [9.17, 15) is 0 Å². The molecule has 1 fully saturated rings. The van der Waals surface area contributed by atoms with E-state index in [4.69, 9.17) is 14.2 Å². The molecule has 118 valence electrons. The van der Waals surface area contributed by atoms with Crippen LogP contribution < -0.4 is 19.5 Å². The maximum absolute atomic E-state index is 5.41. The van der Waals surface area contributed by atoms with Gasteiger partial charge >= 0.3 is 0 Å². The van der Waals surface area contributed by atoms with Gasteiger partial charge in [-0.1, -0.05) is 6.92 Å². The minimum absolute atomic E-state index is 0.250. The van der Waals surface area contributed by atoms with Gasteiger partial charge in [0.15, 0.2) is 11.5 Å². The number of nitrogens with one attached hydrogen (secondary N) is 1. The molecular weight excluding hydrogens is 266 g/mol. The van der Waals surface area contributed by atoms with Crippen LogP contribution in [0.1, 0.15) is 38.3 Å². The van der Waals surface area contributed by atoms with Crippen molar-refractivity contribution in [2.45, 2.75) is 32.7 Å². The van der Waals surface area contributed by atoms with Crippen molar-refractivity contribution >= 4 is 0 Å². The zero-order chi connectivity index (χ0) is 15.4. The molecular formula is C17H27NO3. The molecule has 1 aromatic rings. The molecule has 2 rings (SSSR count). The van der Waals surface area contributed by atoms with Crippen LogP contribution in [0.15, 0.2) is 12.1 Å². The van der Waals surface area contributed by atoms with Crippen LogP contribution in [0.25, 0.3) is 0 Å². The van der Waals surface area contributed by atoms with Gasteiger partial charge in [0, 0.05) is 6.04 Å². The molecule has 2 unspecified atom stereocenters. The fourth-order valence-corrected chi connectivity index (χ4v) is 2.66. The lowest BCUT2D eigenvalue weighted by Crippen LogP contribution is -2.25. The minimum Gasteiger partial charge on any atom is -0.493 e. The van der Waals surface area contributed by atoms with E-state index < -0.39 is 0 Å². The molecule has 0 radical (unpaired) electrons. The van der Waals surface area contributed by atoms with E-state index in [1.807, 2.05) is 12.1 Å². The molecule has 4 heteroatoms. The van der Waals surface area contributed by atoms with Crippen molar-refractivity contribution in [3.05, 3.63) is 17.7 Å². The highest BCUT2D eigenvalue weighted by Crippen LogP contribution is 2.40. The molecule has 0 spiro atoms. The van der Waals surface area contributed by atoms with Crippen molar-refractivity contribution in [2.75, 3.05) is 27.9 Å². The first kappa shape index (κ1) is 16.0. The van der Waals surface area contributed by atoms with Gasteiger partial charge in [-0.25, -0.2) is 0 Å². The van der Waals surface area contributed by atoms with Gasteiger partial charge < -0.3 is 19.5 Å². The second-order valence-corrected chi connectivity index (χ2v) is 5.90. The summed E-state index contributed by atoms with van der Waals surface area (Å²) in [4.78, 5) is 0. The highest BCUT2D eigenvalue weighted by molar-refractivity contribution is 5.54. The topological polar surface area (TPSA) is 39.7 Å². The molecule has 0 bridgehead atoms. The summed E-state index contributed by atoms with van der Waals surface area (Å²) >= 11 is 0. The van der Waals surface area contributed by atoms with Crippen LogP contribution in [0.5, 0.6) is 17.2 Å². The number of rotatable bonds is 8. The Morgan fingerprint density at radius 1 is 1.05 bits per heavy atom. The number of methoxy groups -OCH3 is 3. The van der Waals surface area contributed by atoms with Gasteiger partial charge in [-0.15, -0.1) is 0 Å². The molecule has 0 amide bonds. The van der Waals surface area contributed by atoms with Gasteiger partial charge in [0.2, 0.25) is 5.75 Å². The first-order chi connectivity index (χ1) is 10.1. The lowest BCUT2D eigenvalue weighted by molar-refractivity contribution is 0.323. The van der Waals surface area contributed by atoms with E-state index in [0.29, 0.717) is 17.2 Å². The Balaban J connectivity index is 2.10. The second-order valence-electron chi connectivity index (χ2n) is 5.90. The normalized spacial score (nSPS) is 17.2. The van der Waals surface area contributed by atoms with Crippen LogP contribution in [-0.2, 0) is 0 Å². The van der Waals surface area contributed by atoms with Crippen molar-refractivity contribution in [3.63, 3.8) is 0 Å². The van der Waals surface area contributed by atoms with Gasteiger partial charge in [-0.05, 0) is 55.8 Å². The van der Waals surface area contributed by atoms with Gasteiger partial charge in [-0.2, -0.15) is 0 Å². The van der Waals surface area contributed by atoms with E-state index >= 15 is 0 Å². The molecule has 1 N–H and O–H groups in total. The lowest BCUT2D eigenvalue weighted by atomic mass is 10.0. The molecule has 1 aliphatic carbocycles. The first-order valence-corrected chi connectivity index (χ1v) is 7.64. The molecule has 21 heavy (non-hydrogen) atoms. The molecule has 2 atom stereocenters. The van der Waals surface area contributed by atoms with Crippen LogP contribution in [0.4, 0.5) is 0 Å². The Morgan fingerprint density at radius 3 is 2.05 bits per heavy atom. The maximum atomic E-state index is 5.41. The fraction of sp³-hybridized carbons (Fsp3) is 0.647. The third-order valence-corrected chi connectivity index (χ3v) is 4.36. The smallest absolute Gasteiger partial charge is 0.203 e. The highest BCUT2D eigenvalue weighted by atomic mass is 16.5. The third-order valence-electron chi connectivity index (χ3n) is 4.36. The van der Waals surface area contributed by atoms with E-state index in [0.717, 1.165) is 23.9 Å². The van der Waals surface area contributed by atoms with Gasteiger partial charge in [-0.3, -0.25) is 0 Å². The standard InChI is InChI=1S/C17H27NO3/c1-11(13-6-7-13)10-18-12(2)14-8-15(19-3)17(21-5)16(9-14)20-4/h8-9,11-13,18H,6-7,10H2,1-5H3. The largest absolute Gasteiger partial charge is 0.493 e. The zero-order valence-corrected chi connectivity index (χ0v) is 13.7. The summed E-state index contributed by atoms with van der Waals surface area (Å²) in [7, 11) is 4.92. The number of hydrogen-bond acceptors (Lipinski definition) is 4. The van der Waals surface area contributed by atoms with Gasteiger partial charge in [0.05, 0.1) is 21.3 Å². The predicted octanol–water partition coefficient (Wildman–Crippen LogP) is 3.41. The molecule has 0 aromatic heterocycles. The third kappa shape index (κ3) is 3.82. The van der Waals surface area contributed by atoms with Gasteiger partial charge in [0.1, 0.15) is 0 Å². The van der Waals surface area contributed by atoms with Gasteiger partial charge in [0.25, 0.3) is 0 Å². The summed E-state index contributed by atoms with van der Waals surface area (Å²) in [6.07, 6.45) is 2.78. The monoisotopic (exact) mass is 293 g/mol. The van der Waals surface area contributed by atoms with E-state index in [1.54, 1.807) is 21.3 Å². The molecule has 0 heterocycles. The molecule has 1 saturated carbocycles. The predicted molar refractivity (Wildman–Crippen MR) is 84.4 cm³/mol. The summed E-state index contributed by atoms with van der Waals surface area (Å²) < 4.78 is 16.2. The number of ether oxygens (including phenoxy) is 3. The summed E-state index contributed by atoms with van der Waals surface area (Å²) in [5.74, 6) is 3.72. The Hall–Kier alpha value is -1.42. The van der Waals surface area contributed by atoms with Crippen molar-refractivity contribution < 1.29 is 14.2 Å². The average molecular weight is 293 g/mol. The van der Waals surface area contributed by atoms with E-state index in [2.05, 4.69) is 19.2 Å². The summed E-state index contributed by atoms with van der Waals surface area (Å²) in [6.45, 7) is 5.54. The van der Waals surface area contributed by atoms with E-state index in [1.165, 1.54) is 12.8 Å². The molecule has 0 aliphatic heterocycles. The average Bonchev–Trinajstić information content (AvgIpc) is 3.35. The van der Waals surface area contributed by atoms with Crippen LogP contribution in [0.2, 0.25) is 0 Å². The maximum Gasteiger partial charge on any atom is 0.203 e. The fourth-order valence-electron chi connectivity index (χ4n) is 2.66. The Labute approximate surface area is 127 Å². The van der Waals surface area contributed by atoms with Crippen molar-refractivity contribution in [3.8, 4) is 17.2 Å². The summed E-state index contributed by atoms with van der Waals surface area (Å²) in [5, 5.41) is 3.61. The zero-order valence-electron chi connectivity index (χ0n) is 13.7. The van der Waals surface area contributed by atoms with Crippen molar-refractivity contribution in [2.24, 2.45) is 11.8 Å².